The number of rotatable bonds is 6. The first-order valence-corrected chi connectivity index (χ1v) is 5.02. The van der Waals surface area contributed by atoms with Gasteiger partial charge in [0, 0.05) is 18.2 Å². The third-order valence-electron chi connectivity index (χ3n) is 1.92. The second-order valence-electron chi connectivity index (χ2n) is 3.06. The number of carbonyl (C=O) groups is 1. The minimum Gasteiger partial charge on any atom is -0.484 e. The Bertz CT molecular complexity index is 435. The van der Waals surface area contributed by atoms with Crippen LogP contribution in [-0.4, -0.2) is 31.5 Å². The van der Waals surface area contributed by atoms with Crippen molar-refractivity contribution in [1.82, 2.24) is 0 Å². The first-order valence-electron chi connectivity index (χ1n) is 4.65. The van der Waals surface area contributed by atoms with Crippen molar-refractivity contribution in [3.05, 3.63) is 32.8 Å². The molecule has 0 spiro atoms. The summed E-state index contributed by atoms with van der Waals surface area (Å²) in [6.07, 6.45) is 0.459. The largest absolute Gasteiger partial charge is 0.484 e. The Kier molecular flexibility index (Phi) is 4.86. The Labute approximate surface area is 102 Å². The summed E-state index contributed by atoms with van der Waals surface area (Å²) < 4.78 is 9.91. The number of nitro benzene ring substituents is 1. The van der Waals surface area contributed by atoms with Crippen LogP contribution >= 0.6 is 11.6 Å². The maximum absolute atomic E-state index is 10.8. The molecule has 0 aromatic heterocycles. The van der Waals surface area contributed by atoms with Crippen LogP contribution in [-0.2, 0) is 4.74 Å². The van der Waals surface area contributed by atoms with E-state index in [1.54, 1.807) is 0 Å². The minimum absolute atomic E-state index is 0.0419. The molecule has 1 aromatic carbocycles. The summed E-state index contributed by atoms with van der Waals surface area (Å²) in [7, 11) is 1.47. The van der Waals surface area contributed by atoms with Crippen LogP contribution in [0.15, 0.2) is 12.1 Å². The summed E-state index contributed by atoms with van der Waals surface area (Å²) in [5.41, 5.74) is -0.295. The number of nitro groups is 1. The number of halogens is 1. The zero-order valence-electron chi connectivity index (χ0n) is 9.01. The van der Waals surface area contributed by atoms with E-state index in [2.05, 4.69) is 0 Å². The van der Waals surface area contributed by atoms with E-state index < -0.39 is 4.92 Å². The topological polar surface area (TPSA) is 78.7 Å². The van der Waals surface area contributed by atoms with E-state index in [0.717, 1.165) is 6.07 Å². The molecule has 0 amide bonds. The van der Waals surface area contributed by atoms with Crippen LogP contribution < -0.4 is 4.74 Å². The van der Waals surface area contributed by atoms with Gasteiger partial charge < -0.3 is 9.47 Å². The lowest BCUT2D eigenvalue weighted by molar-refractivity contribution is -0.385. The van der Waals surface area contributed by atoms with Gasteiger partial charge in [0.05, 0.1) is 17.1 Å². The lowest BCUT2D eigenvalue weighted by Gasteiger charge is -2.08. The second-order valence-corrected chi connectivity index (χ2v) is 3.50. The van der Waals surface area contributed by atoms with Crippen molar-refractivity contribution < 1.29 is 19.2 Å². The number of methoxy groups -OCH3 is 1. The Balaban J connectivity index is 3.12. The number of aldehydes is 1. The molecule has 0 atom stereocenters. The molecule has 0 bridgehead atoms. The van der Waals surface area contributed by atoms with Crippen molar-refractivity contribution in [2.24, 2.45) is 0 Å². The molecule has 17 heavy (non-hydrogen) atoms. The van der Waals surface area contributed by atoms with Gasteiger partial charge in [0.15, 0.2) is 6.29 Å². The van der Waals surface area contributed by atoms with Crippen LogP contribution in [0.3, 0.4) is 0 Å². The number of nitrogens with zero attached hydrogens (tertiary/aromatic N) is 1. The minimum atomic E-state index is -0.652. The molecule has 0 aliphatic carbocycles. The molecular weight excluding hydrogens is 250 g/mol. The number of ether oxygens (including phenoxy) is 2. The third kappa shape index (κ3) is 3.40. The number of carbonyl (C=O) groups excluding carboxylic acids is 1. The van der Waals surface area contributed by atoms with Crippen LogP contribution in [0.2, 0.25) is 5.02 Å². The van der Waals surface area contributed by atoms with E-state index >= 15 is 0 Å². The smallest absolute Gasteiger partial charge is 0.313 e. The van der Waals surface area contributed by atoms with E-state index in [1.807, 2.05) is 0 Å². The van der Waals surface area contributed by atoms with Crippen molar-refractivity contribution in [2.45, 2.75) is 0 Å². The first-order chi connectivity index (χ1) is 8.10. The predicted octanol–water partition coefficient (Wildman–Crippen LogP) is 2.09. The molecule has 7 heteroatoms. The quantitative estimate of drug-likeness (QED) is 0.338. The summed E-state index contributed by atoms with van der Waals surface area (Å²) in [4.78, 5) is 20.9. The van der Waals surface area contributed by atoms with Gasteiger partial charge in [-0.1, -0.05) is 11.6 Å². The van der Waals surface area contributed by atoms with E-state index in [1.165, 1.54) is 13.2 Å². The van der Waals surface area contributed by atoms with Crippen molar-refractivity contribution in [3.63, 3.8) is 0 Å². The highest BCUT2D eigenvalue weighted by atomic mass is 35.5. The van der Waals surface area contributed by atoms with Crippen molar-refractivity contribution in [1.29, 1.82) is 0 Å². The lowest BCUT2D eigenvalue weighted by Crippen LogP contribution is -2.07. The highest BCUT2D eigenvalue weighted by Crippen LogP contribution is 2.33. The van der Waals surface area contributed by atoms with Crippen LogP contribution in [0.1, 0.15) is 10.4 Å². The molecule has 0 aliphatic heterocycles. The first kappa shape index (κ1) is 13.4. The van der Waals surface area contributed by atoms with Gasteiger partial charge in [0.1, 0.15) is 6.61 Å². The highest BCUT2D eigenvalue weighted by molar-refractivity contribution is 6.31. The van der Waals surface area contributed by atoms with Gasteiger partial charge in [0.25, 0.3) is 0 Å². The summed E-state index contributed by atoms with van der Waals surface area (Å²) in [5.74, 6) is -0.0912. The SMILES string of the molecule is COCCOc1c(C=O)cc(Cl)cc1[N+](=O)[O-]. The van der Waals surface area contributed by atoms with Crippen LogP contribution in [0, 0.1) is 10.1 Å². The Hall–Kier alpha value is -1.66. The molecule has 1 rings (SSSR count). The molecule has 0 radical (unpaired) electrons. The average molecular weight is 260 g/mol. The van der Waals surface area contributed by atoms with Gasteiger partial charge in [-0.05, 0) is 6.07 Å². The van der Waals surface area contributed by atoms with Crippen molar-refractivity contribution in [3.8, 4) is 5.75 Å². The van der Waals surface area contributed by atoms with Crippen LogP contribution in [0.25, 0.3) is 0 Å². The summed E-state index contributed by atoms with van der Waals surface area (Å²) in [6, 6.07) is 2.44. The number of benzene rings is 1. The Morgan fingerprint density at radius 2 is 2.18 bits per heavy atom. The van der Waals surface area contributed by atoms with E-state index in [-0.39, 0.29) is 35.2 Å². The zero-order valence-corrected chi connectivity index (χ0v) is 9.77. The Morgan fingerprint density at radius 1 is 1.47 bits per heavy atom. The fourth-order valence-corrected chi connectivity index (χ4v) is 1.43. The fourth-order valence-electron chi connectivity index (χ4n) is 1.21. The highest BCUT2D eigenvalue weighted by Gasteiger charge is 2.20. The van der Waals surface area contributed by atoms with Gasteiger partial charge in [0.2, 0.25) is 5.75 Å². The summed E-state index contributed by atoms with van der Waals surface area (Å²) in [6.45, 7) is 0.373. The molecule has 0 heterocycles. The average Bonchev–Trinajstić information content (AvgIpc) is 2.30. The van der Waals surface area contributed by atoms with E-state index in [4.69, 9.17) is 21.1 Å². The molecule has 0 saturated heterocycles. The molecule has 0 aliphatic rings. The van der Waals surface area contributed by atoms with Gasteiger partial charge in [-0.15, -0.1) is 0 Å². The third-order valence-corrected chi connectivity index (χ3v) is 2.14. The fraction of sp³-hybridized carbons (Fsp3) is 0.300. The van der Waals surface area contributed by atoms with Gasteiger partial charge in [-0.2, -0.15) is 0 Å². The molecule has 0 saturated carbocycles. The maximum atomic E-state index is 10.8. The van der Waals surface area contributed by atoms with Gasteiger partial charge >= 0.3 is 5.69 Å². The lowest BCUT2D eigenvalue weighted by atomic mass is 10.2. The molecule has 0 N–H and O–H groups in total. The molecule has 1 aromatic rings. The zero-order chi connectivity index (χ0) is 12.8. The summed E-state index contributed by atoms with van der Waals surface area (Å²) >= 11 is 5.66. The Morgan fingerprint density at radius 3 is 2.71 bits per heavy atom. The van der Waals surface area contributed by atoms with E-state index in [0.29, 0.717) is 6.29 Å². The molecular formula is C10H10ClNO5. The van der Waals surface area contributed by atoms with Crippen molar-refractivity contribution >= 4 is 23.6 Å². The maximum Gasteiger partial charge on any atom is 0.313 e. The van der Waals surface area contributed by atoms with Gasteiger partial charge in [-0.25, -0.2) is 0 Å². The number of hydrogen-bond acceptors (Lipinski definition) is 5. The van der Waals surface area contributed by atoms with Gasteiger partial charge in [-0.3, -0.25) is 14.9 Å². The number of hydrogen-bond donors (Lipinski definition) is 0. The van der Waals surface area contributed by atoms with E-state index in [9.17, 15) is 14.9 Å². The molecule has 6 nitrogen and oxygen atoms in total. The molecule has 92 valence electrons. The second kappa shape index (κ2) is 6.17. The van der Waals surface area contributed by atoms with Crippen molar-refractivity contribution in [2.75, 3.05) is 20.3 Å². The summed E-state index contributed by atoms with van der Waals surface area (Å²) in [5, 5.41) is 10.9. The molecule has 0 unspecified atom stereocenters. The van der Waals surface area contributed by atoms with Crippen LogP contribution in [0.5, 0.6) is 5.75 Å². The molecule has 0 fully saturated rings. The predicted molar refractivity (Wildman–Crippen MR) is 60.9 cm³/mol. The van der Waals surface area contributed by atoms with Crippen LogP contribution in [0.4, 0.5) is 5.69 Å². The normalized spacial score (nSPS) is 10.0. The standard InChI is InChI=1S/C10H10ClNO5/c1-16-2-3-17-10-7(6-13)4-8(11)5-9(10)12(14)15/h4-6H,2-3H2,1H3. The monoisotopic (exact) mass is 259 g/mol.